The van der Waals surface area contributed by atoms with Crippen LogP contribution in [-0.2, 0) is 11.4 Å². The highest BCUT2D eigenvalue weighted by atomic mass is 79.9. The van der Waals surface area contributed by atoms with Crippen LogP contribution in [0.3, 0.4) is 0 Å². The Balaban J connectivity index is 1.50. The van der Waals surface area contributed by atoms with E-state index < -0.39 is 0 Å². The summed E-state index contributed by atoms with van der Waals surface area (Å²) in [5, 5.41) is 3.62. The molecule has 1 aliphatic heterocycles. The smallest absolute Gasteiger partial charge is 0.276 e. The van der Waals surface area contributed by atoms with Crippen molar-refractivity contribution in [1.82, 2.24) is 10.2 Å². The monoisotopic (exact) mass is 514 g/mol. The first kappa shape index (κ1) is 22.8. The second kappa shape index (κ2) is 10.5. The lowest BCUT2D eigenvalue weighted by molar-refractivity contribution is -0.124. The van der Waals surface area contributed by atoms with Crippen molar-refractivity contribution in [2.45, 2.75) is 51.7 Å². The molecule has 2 aliphatic rings. The van der Waals surface area contributed by atoms with Crippen LogP contribution in [0.1, 0.15) is 50.2 Å². The predicted octanol–water partition coefficient (Wildman–Crippen LogP) is 5.82. The number of hydrogen-bond donors (Lipinski definition) is 1. The molecule has 7 heteroatoms. The molecule has 1 saturated carbocycles. The van der Waals surface area contributed by atoms with Crippen molar-refractivity contribution in [3.8, 4) is 11.5 Å². The molecule has 168 valence electrons. The van der Waals surface area contributed by atoms with Crippen molar-refractivity contribution in [2.75, 3.05) is 6.61 Å². The van der Waals surface area contributed by atoms with Gasteiger partial charge in [-0.3, -0.25) is 9.69 Å². The number of rotatable bonds is 7. The second-order valence-corrected chi connectivity index (χ2v) is 9.31. The first-order chi connectivity index (χ1) is 15.5. The lowest BCUT2D eigenvalue weighted by Crippen LogP contribution is -2.41. The molecule has 2 aromatic carbocycles. The number of carbonyl (C=O) groups is 1. The largest absolute Gasteiger partial charge is 0.490 e. The molecule has 0 aromatic heterocycles. The zero-order valence-corrected chi connectivity index (χ0v) is 20.5. The number of thiocarbonyl (C=S) groups is 1. The van der Waals surface area contributed by atoms with Gasteiger partial charge in [0.25, 0.3) is 5.91 Å². The number of hydrogen-bond acceptors (Lipinski definition) is 4. The maximum atomic E-state index is 13.0. The predicted molar refractivity (Wildman–Crippen MR) is 134 cm³/mol. The van der Waals surface area contributed by atoms with Crippen LogP contribution in [-0.4, -0.2) is 28.6 Å². The standard InChI is InChI=1S/C25H27BrN2O3S/c1-2-30-23-15-18(10-13-22(23)31-16-17-8-11-19(26)12-9-17)14-21-24(29)28(25(32)27-21)20-6-4-3-5-7-20/h8-15,20H,2-7,16H2,1H3,(H,27,32)/b21-14-. The quantitative estimate of drug-likeness (QED) is 0.372. The van der Waals surface area contributed by atoms with Crippen molar-refractivity contribution in [2.24, 2.45) is 0 Å². The van der Waals surface area contributed by atoms with E-state index in [4.69, 9.17) is 21.7 Å². The average Bonchev–Trinajstić information content (AvgIpc) is 3.08. The lowest BCUT2D eigenvalue weighted by atomic mass is 9.94. The Morgan fingerprint density at radius 1 is 1.09 bits per heavy atom. The molecule has 0 spiro atoms. The molecule has 1 amide bonds. The van der Waals surface area contributed by atoms with Crippen LogP contribution in [0.2, 0.25) is 0 Å². The van der Waals surface area contributed by atoms with Crippen LogP contribution in [0, 0.1) is 0 Å². The Morgan fingerprint density at radius 3 is 2.56 bits per heavy atom. The van der Waals surface area contributed by atoms with Crippen LogP contribution in [0.4, 0.5) is 0 Å². The van der Waals surface area contributed by atoms with Gasteiger partial charge in [0.05, 0.1) is 6.61 Å². The molecule has 32 heavy (non-hydrogen) atoms. The number of amides is 1. The summed E-state index contributed by atoms with van der Waals surface area (Å²) in [7, 11) is 0. The topological polar surface area (TPSA) is 50.8 Å². The van der Waals surface area contributed by atoms with Crippen LogP contribution in [0.5, 0.6) is 11.5 Å². The van der Waals surface area contributed by atoms with Gasteiger partial charge in [0.1, 0.15) is 12.3 Å². The highest BCUT2D eigenvalue weighted by Crippen LogP contribution is 2.31. The molecule has 1 saturated heterocycles. The van der Waals surface area contributed by atoms with Crippen molar-refractivity contribution < 1.29 is 14.3 Å². The number of nitrogens with zero attached hydrogens (tertiary/aromatic N) is 1. The van der Waals surface area contributed by atoms with Crippen molar-refractivity contribution in [3.05, 3.63) is 63.8 Å². The molecule has 4 rings (SSSR count). The van der Waals surface area contributed by atoms with E-state index in [1.165, 1.54) is 6.42 Å². The fourth-order valence-electron chi connectivity index (χ4n) is 4.13. The fourth-order valence-corrected chi connectivity index (χ4v) is 4.74. The van der Waals surface area contributed by atoms with Gasteiger partial charge in [0.15, 0.2) is 16.6 Å². The first-order valence-electron chi connectivity index (χ1n) is 11.1. The van der Waals surface area contributed by atoms with Gasteiger partial charge in [-0.15, -0.1) is 0 Å². The maximum absolute atomic E-state index is 13.0. The minimum absolute atomic E-state index is 0.0459. The third-order valence-corrected chi connectivity index (χ3v) is 6.56. The number of benzene rings is 2. The minimum Gasteiger partial charge on any atom is -0.490 e. The molecule has 0 atom stereocenters. The zero-order valence-electron chi connectivity index (χ0n) is 18.1. The van der Waals surface area contributed by atoms with Gasteiger partial charge >= 0.3 is 0 Å². The van der Waals surface area contributed by atoms with E-state index in [1.807, 2.05) is 55.5 Å². The Kier molecular flexibility index (Phi) is 7.48. The van der Waals surface area contributed by atoms with Crippen LogP contribution < -0.4 is 14.8 Å². The van der Waals surface area contributed by atoms with E-state index >= 15 is 0 Å². The van der Waals surface area contributed by atoms with E-state index in [9.17, 15) is 4.79 Å². The third kappa shape index (κ3) is 5.33. The van der Waals surface area contributed by atoms with Crippen molar-refractivity contribution in [1.29, 1.82) is 0 Å². The van der Waals surface area contributed by atoms with Crippen molar-refractivity contribution >= 4 is 45.2 Å². The van der Waals surface area contributed by atoms with Gasteiger partial charge in [0, 0.05) is 10.5 Å². The van der Waals surface area contributed by atoms with Gasteiger partial charge in [-0.25, -0.2) is 0 Å². The molecular weight excluding hydrogens is 488 g/mol. The van der Waals surface area contributed by atoms with Gasteiger partial charge in [-0.2, -0.15) is 0 Å². The minimum atomic E-state index is -0.0459. The Hall–Kier alpha value is -2.38. The van der Waals surface area contributed by atoms with Crippen LogP contribution >= 0.6 is 28.1 Å². The highest BCUT2D eigenvalue weighted by molar-refractivity contribution is 9.10. The van der Waals surface area contributed by atoms with E-state index in [1.54, 1.807) is 4.90 Å². The molecule has 2 aromatic rings. The summed E-state index contributed by atoms with van der Waals surface area (Å²) >= 11 is 8.92. The van der Waals surface area contributed by atoms with Crippen molar-refractivity contribution in [3.63, 3.8) is 0 Å². The molecule has 1 aliphatic carbocycles. The molecule has 2 fully saturated rings. The molecule has 5 nitrogen and oxygen atoms in total. The number of ether oxygens (including phenoxy) is 2. The number of carbonyl (C=O) groups excluding carboxylic acids is 1. The highest BCUT2D eigenvalue weighted by Gasteiger charge is 2.36. The first-order valence-corrected chi connectivity index (χ1v) is 12.3. The summed E-state index contributed by atoms with van der Waals surface area (Å²) in [4.78, 5) is 14.8. The van der Waals surface area contributed by atoms with Gasteiger partial charge in [-0.1, -0.05) is 53.4 Å². The molecular formula is C25H27BrN2O3S. The summed E-state index contributed by atoms with van der Waals surface area (Å²) in [5.74, 6) is 1.27. The van der Waals surface area contributed by atoms with Crippen LogP contribution in [0.15, 0.2) is 52.6 Å². The normalized spacial score (nSPS) is 18.2. The molecule has 0 radical (unpaired) electrons. The second-order valence-electron chi connectivity index (χ2n) is 8.01. The fraction of sp³-hybridized carbons (Fsp3) is 0.360. The molecule has 1 heterocycles. The average molecular weight is 515 g/mol. The van der Waals surface area contributed by atoms with Crippen LogP contribution in [0.25, 0.3) is 6.08 Å². The molecule has 0 bridgehead atoms. The van der Waals surface area contributed by atoms with E-state index in [-0.39, 0.29) is 11.9 Å². The summed E-state index contributed by atoms with van der Waals surface area (Å²) < 4.78 is 12.8. The Bertz CT molecular complexity index is 1020. The van der Waals surface area contributed by atoms with E-state index in [2.05, 4.69) is 21.2 Å². The van der Waals surface area contributed by atoms with Gasteiger partial charge in [0.2, 0.25) is 0 Å². The van der Waals surface area contributed by atoms with Gasteiger partial charge < -0.3 is 14.8 Å². The summed E-state index contributed by atoms with van der Waals surface area (Å²) in [6.45, 7) is 2.90. The zero-order chi connectivity index (χ0) is 22.5. The van der Waals surface area contributed by atoms with Gasteiger partial charge in [-0.05, 0) is 73.5 Å². The third-order valence-electron chi connectivity index (χ3n) is 5.74. The number of halogens is 1. The maximum Gasteiger partial charge on any atom is 0.276 e. The summed E-state index contributed by atoms with van der Waals surface area (Å²) in [5.41, 5.74) is 2.43. The summed E-state index contributed by atoms with van der Waals surface area (Å²) in [6, 6.07) is 13.9. The van der Waals surface area contributed by atoms with E-state index in [0.717, 1.165) is 41.3 Å². The number of nitrogens with one attached hydrogen (secondary N) is 1. The lowest BCUT2D eigenvalue weighted by Gasteiger charge is -2.29. The SMILES string of the molecule is CCOc1cc(/C=C2\NC(=S)N(C3CCCCC3)C2=O)ccc1OCc1ccc(Br)cc1. The Labute approximate surface area is 202 Å². The molecule has 0 unspecified atom stereocenters. The summed E-state index contributed by atoms with van der Waals surface area (Å²) in [6.07, 6.45) is 7.39. The Morgan fingerprint density at radius 2 is 1.84 bits per heavy atom. The van der Waals surface area contributed by atoms with E-state index in [0.29, 0.717) is 35.5 Å². The molecule has 1 N–H and O–H groups in total.